The lowest BCUT2D eigenvalue weighted by atomic mass is 9.91. The number of aryl methyl sites for hydroxylation is 2. The number of hydrogen-bond acceptors (Lipinski definition) is 4. The van der Waals surface area contributed by atoms with E-state index in [2.05, 4.69) is 17.2 Å². The van der Waals surface area contributed by atoms with Gasteiger partial charge in [-0.05, 0) is 25.8 Å². The molecule has 0 saturated heterocycles. The molecule has 0 aliphatic heterocycles. The minimum absolute atomic E-state index is 0.585. The van der Waals surface area contributed by atoms with E-state index in [0.29, 0.717) is 5.92 Å². The molecular weight excluding hydrogens is 256 g/mol. The molecule has 0 bridgehead atoms. The summed E-state index contributed by atoms with van der Waals surface area (Å²) in [4.78, 5) is 10.6. The molecule has 0 spiro atoms. The lowest BCUT2D eigenvalue weighted by Crippen LogP contribution is -2.23. The molecule has 0 radical (unpaired) electrons. The van der Waals surface area contributed by atoms with Gasteiger partial charge >= 0.3 is 0 Å². The van der Waals surface area contributed by atoms with Gasteiger partial charge in [-0.2, -0.15) is 0 Å². The Morgan fingerprint density at radius 1 is 1.53 bits per heavy atom. The van der Waals surface area contributed by atoms with Gasteiger partial charge in [0.25, 0.3) is 0 Å². The molecule has 0 amide bonds. The summed E-state index contributed by atoms with van der Waals surface area (Å²) in [5, 5.41) is 4.58. The summed E-state index contributed by atoms with van der Waals surface area (Å²) in [6.45, 7) is 4.24. The third-order valence-electron chi connectivity index (χ3n) is 3.75. The molecule has 1 aliphatic rings. The van der Waals surface area contributed by atoms with Gasteiger partial charge in [0.1, 0.15) is 5.01 Å². The van der Waals surface area contributed by atoms with E-state index in [1.807, 2.05) is 35.5 Å². The molecule has 4 nitrogen and oxygen atoms in total. The van der Waals surface area contributed by atoms with Crippen LogP contribution < -0.4 is 5.32 Å². The summed E-state index contributed by atoms with van der Waals surface area (Å²) in [6.07, 6.45) is 7.48. The number of thiazole rings is 1. The van der Waals surface area contributed by atoms with Crippen molar-refractivity contribution in [2.45, 2.75) is 32.1 Å². The number of rotatable bonds is 4. The Balaban J connectivity index is 1.91. The van der Waals surface area contributed by atoms with Crippen molar-refractivity contribution in [3.05, 3.63) is 23.1 Å². The van der Waals surface area contributed by atoms with E-state index >= 15 is 0 Å². The molecule has 2 aromatic rings. The first-order valence-electron chi connectivity index (χ1n) is 6.96. The van der Waals surface area contributed by atoms with Crippen molar-refractivity contribution in [1.29, 1.82) is 0 Å². The highest BCUT2D eigenvalue weighted by Gasteiger charge is 2.25. The molecule has 5 heteroatoms. The molecule has 0 saturated carbocycles. The zero-order valence-electron chi connectivity index (χ0n) is 11.5. The van der Waals surface area contributed by atoms with Crippen LogP contribution in [0.2, 0.25) is 0 Å². The van der Waals surface area contributed by atoms with Crippen LogP contribution in [0, 0.1) is 0 Å². The first-order chi connectivity index (χ1) is 9.29. The van der Waals surface area contributed by atoms with Crippen LogP contribution in [0.1, 0.15) is 36.3 Å². The second-order valence-electron chi connectivity index (χ2n) is 5.11. The Morgan fingerprint density at radius 3 is 3.16 bits per heavy atom. The molecule has 0 aromatic carbocycles. The largest absolute Gasteiger partial charge is 0.332 e. The van der Waals surface area contributed by atoms with Gasteiger partial charge in [-0.25, -0.2) is 9.97 Å². The van der Waals surface area contributed by atoms with Gasteiger partial charge in [0, 0.05) is 24.4 Å². The predicted octanol–water partition coefficient (Wildman–Crippen LogP) is 2.57. The summed E-state index contributed by atoms with van der Waals surface area (Å²) in [7, 11) is 2.03. The lowest BCUT2D eigenvalue weighted by Gasteiger charge is -2.21. The maximum atomic E-state index is 4.91. The van der Waals surface area contributed by atoms with Gasteiger partial charge in [-0.15, -0.1) is 11.3 Å². The Labute approximate surface area is 117 Å². The summed E-state index contributed by atoms with van der Waals surface area (Å²) < 4.78 is 2.05. The van der Waals surface area contributed by atoms with Crippen LogP contribution >= 0.6 is 11.3 Å². The first kappa shape index (κ1) is 12.8. The molecule has 1 N–H and O–H groups in total. The van der Waals surface area contributed by atoms with E-state index in [0.717, 1.165) is 23.8 Å². The average Bonchev–Trinajstić information content (AvgIpc) is 3.01. The highest BCUT2D eigenvalue weighted by Crippen LogP contribution is 2.37. The number of aromatic nitrogens is 3. The number of likely N-dealkylation sites (N-methyl/N-ethyl adjacent to an activating group) is 1. The highest BCUT2D eigenvalue weighted by molar-refractivity contribution is 7.15. The second-order valence-corrected chi connectivity index (χ2v) is 6.20. The number of imidazole rings is 1. The third-order valence-corrected chi connectivity index (χ3v) is 4.90. The molecule has 1 aliphatic carbocycles. The molecule has 1 unspecified atom stereocenters. The fourth-order valence-electron chi connectivity index (χ4n) is 2.70. The van der Waals surface area contributed by atoms with Crippen molar-refractivity contribution in [3.8, 4) is 10.7 Å². The standard InChI is InChI=1S/C14H20N4S/c1-3-15-7-10-5-4-6-12-13(10)17-14(19-12)11-8-16-9-18(11)2/h8-10,15H,3-7H2,1-2H3. The highest BCUT2D eigenvalue weighted by atomic mass is 32.1. The molecule has 19 heavy (non-hydrogen) atoms. The number of fused-ring (bicyclic) bond motifs is 1. The zero-order chi connectivity index (χ0) is 13.2. The third kappa shape index (κ3) is 2.44. The fraction of sp³-hybridized carbons (Fsp3) is 0.571. The number of nitrogens with zero attached hydrogens (tertiary/aromatic N) is 3. The van der Waals surface area contributed by atoms with Crippen LogP contribution in [-0.2, 0) is 13.5 Å². The van der Waals surface area contributed by atoms with Crippen LogP contribution in [0.3, 0.4) is 0 Å². The Kier molecular flexibility index (Phi) is 3.66. The topological polar surface area (TPSA) is 42.7 Å². The lowest BCUT2D eigenvalue weighted by molar-refractivity contribution is 0.509. The quantitative estimate of drug-likeness (QED) is 0.933. The van der Waals surface area contributed by atoms with Crippen molar-refractivity contribution in [1.82, 2.24) is 19.9 Å². The molecule has 1 atom stereocenters. The normalized spacial score (nSPS) is 18.5. The van der Waals surface area contributed by atoms with E-state index in [1.165, 1.54) is 29.8 Å². The molecule has 2 heterocycles. The van der Waals surface area contributed by atoms with E-state index in [-0.39, 0.29) is 0 Å². The van der Waals surface area contributed by atoms with Gasteiger partial charge in [0.2, 0.25) is 0 Å². The zero-order valence-corrected chi connectivity index (χ0v) is 12.3. The van der Waals surface area contributed by atoms with Crippen molar-refractivity contribution >= 4 is 11.3 Å². The molecule has 0 fully saturated rings. The maximum Gasteiger partial charge on any atom is 0.142 e. The van der Waals surface area contributed by atoms with E-state index in [1.54, 1.807) is 0 Å². The summed E-state index contributed by atoms with van der Waals surface area (Å²) in [6, 6.07) is 0. The van der Waals surface area contributed by atoms with E-state index < -0.39 is 0 Å². The SMILES string of the molecule is CCNCC1CCCc2sc(-c3cncn3C)nc21. The van der Waals surface area contributed by atoms with Crippen LogP contribution in [0.15, 0.2) is 12.5 Å². The molecule has 102 valence electrons. The summed E-state index contributed by atoms with van der Waals surface area (Å²) in [5.74, 6) is 0.585. The van der Waals surface area contributed by atoms with E-state index in [4.69, 9.17) is 4.98 Å². The first-order valence-corrected chi connectivity index (χ1v) is 7.78. The monoisotopic (exact) mass is 276 g/mol. The van der Waals surface area contributed by atoms with E-state index in [9.17, 15) is 0 Å². The molecule has 3 rings (SSSR count). The predicted molar refractivity (Wildman–Crippen MR) is 78.5 cm³/mol. The van der Waals surface area contributed by atoms with Crippen molar-refractivity contribution in [2.24, 2.45) is 7.05 Å². The van der Waals surface area contributed by atoms with Crippen molar-refractivity contribution < 1.29 is 0 Å². The number of hydrogen-bond donors (Lipinski definition) is 1. The summed E-state index contributed by atoms with van der Waals surface area (Å²) in [5.41, 5.74) is 2.45. The fourth-order valence-corrected chi connectivity index (χ4v) is 3.94. The van der Waals surface area contributed by atoms with Gasteiger partial charge in [-0.1, -0.05) is 6.92 Å². The minimum Gasteiger partial charge on any atom is -0.332 e. The van der Waals surface area contributed by atoms with Crippen LogP contribution in [0.4, 0.5) is 0 Å². The van der Waals surface area contributed by atoms with Gasteiger partial charge in [0.05, 0.1) is 23.9 Å². The summed E-state index contributed by atoms with van der Waals surface area (Å²) >= 11 is 1.84. The second kappa shape index (κ2) is 5.43. The van der Waals surface area contributed by atoms with Gasteiger partial charge in [0.15, 0.2) is 0 Å². The van der Waals surface area contributed by atoms with Crippen molar-refractivity contribution in [2.75, 3.05) is 13.1 Å². The van der Waals surface area contributed by atoms with Crippen LogP contribution in [0.25, 0.3) is 10.7 Å². The number of nitrogens with one attached hydrogen (secondary N) is 1. The average molecular weight is 276 g/mol. The minimum atomic E-state index is 0.585. The Bertz CT molecular complexity index is 558. The molecule has 2 aromatic heterocycles. The Hall–Kier alpha value is -1.20. The Morgan fingerprint density at radius 2 is 2.42 bits per heavy atom. The van der Waals surface area contributed by atoms with Gasteiger partial charge in [-0.3, -0.25) is 0 Å². The van der Waals surface area contributed by atoms with Crippen molar-refractivity contribution in [3.63, 3.8) is 0 Å². The molecular formula is C14H20N4S. The maximum absolute atomic E-state index is 4.91. The smallest absolute Gasteiger partial charge is 0.142 e. The van der Waals surface area contributed by atoms with Gasteiger partial charge < -0.3 is 9.88 Å². The van der Waals surface area contributed by atoms with Crippen LogP contribution in [-0.4, -0.2) is 27.6 Å². The van der Waals surface area contributed by atoms with Crippen LogP contribution in [0.5, 0.6) is 0 Å².